The van der Waals surface area contributed by atoms with E-state index in [1.165, 1.54) is 0 Å². The summed E-state index contributed by atoms with van der Waals surface area (Å²) in [6.07, 6.45) is 4.60. The maximum Gasteiger partial charge on any atom is 0.308 e. The minimum atomic E-state index is -0.793. The number of fused-ring (bicyclic) bond motifs is 2. The van der Waals surface area contributed by atoms with Gasteiger partial charge in [-0.25, -0.2) is 0 Å². The molecule has 2 bridgehead atoms. The second kappa shape index (κ2) is 4.36. The molecule has 6 nitrogen and oxygen atoms in total. The van der Waals surface area contributed by atoms with Crippen molar-refractivity contribution in [2.24, 2.45) is 24.8 Å². The molecule has 0 aliphatic heterocycles. The number of nitrogens with one attached hydrogen (secondary N) is 1. The molecule has 1 heterocycles. The van der Waals surface area contributed by atoms with Gasteiger partial charge in [-0.2, -0.15) is 5.10 Å². The van der Waals surface area contributed by atoms with E-state index in [1.807, 2.05) is 0 Å². The first-order valence-corrected chi connectivity index (χ1v) is 6.59. The Bertz CT molecular complexity index is 525. The van der Waals surface area contributed by atoms with Gasteiger partial charge in [-0.3, -0.25) is 14.3 Å². The average Bonchev–Trinajstić information content (AvgIpc) is 3.03. The van der Waals surface area contributed by atoms with Gasteiger partial charge in [0.2, 0.25) is 0 Å². The largest absolute Gasteiger partial charge is 0.481 e. The van der Waals surface area contributed by atoms with Gasteiger partial charge in [0.15, 0.2) is 0 Å². The summed E-state index contributed by atoms with van der Waals surface area (Å²) in [5.74, 6) is -0.982. The second-order valence-corrected chi connectivity index (χ2v) is 5.57. The Kier molecular flexibility index (Phi) is 2.80. The Morgan fingerprint density at radius 3 is 2.79 bits per heavy atom. The van der Waals surface area contributed by atoms with Crippen LogP contribution in [0.3, 0.4) is 0 Å². The van der Waals surface area contributed by atoms with Crippen LogP contribution in [0.1, 0.15) is 29.8 Å². The molecule has 6 heteroatoms. The third kappa shape index (κ3) is 2.01. The van der Waals surface area contributed by atoms with E-state index in [4.69, 9.17) is 0 Å². The molecular formula is C13H17N3O3. The fourth-order valence-electron chi connectivity index (χ4n) is 3.62. The quantitative estimate of drug-likeness (QED) is 0.838. The predicted octanol–water partition coefficient (Wildman–Crippen LogP) is 0.649. The van der Waals surface area contributed by atoms with Gasteiger partial charge in [-0.1, -0.05) is 0 Å². The molecule has 2 N–H and O–H groups in total. The van der Waals surface area contributed by atoms with E-state index in [2.05, 4.69) is 10.4 Å². The van der Waals surface area contributed by atoms with Crippen molar-refractivity contribution in [2.45, 2.75) is 25.3 Å². The lowest BCUT2D eigenvalue weighted by Gasteiger charge is -2.28. The third-order valence-electron chi connectivity index (χ3n) is 4.45. The molecule has 2 aliphatic rings. The molecule has 1 aromatic heterocycles. The van der Waals surface area contributed by atoms with Crippen LogP contribution in [0.4, 0.5) is 0 Å². The van der Waals surface area contributed by atoms with Crippen molar-refractivity contribution in [3.05, 3.63) is 18.0 Å². The van der Waals surface area contributed by atoms with Gasteiger partial charge in [-0.05, 0) is 37.2 Å². The number of hydrogen-bond acceptors (Lipinski definition) is 3. The lowest BCUT2D eigenvalue weighted by molar-refractivity contribution is -0.144. The third-order valence-corrected chi connectivity index (χ3v) is 4.45. The summed E-state index contributed by atoms with van der Waals surface area (Å²) in [4.78, 5) is 23.4. The summed E-state index contributed by atoms with van der Waals surface area (Å²) >= 11 is 0. The van der Waals surface area contributed by atoms with Crippen LogP contribution in [0.2, 0.25) is 0 Å². The molecule has 4 atom stereocenters. The van der Waals surface area contributed by atoms with Gasteiger partial charge in [0.1, 0.15) is 5.69 Å². The Hall–Kier alpha value is -1.85. The summed E-state index contributed by atoms with van der Waals surface area (Å²) in [6, 6.07) is 1.39. The van der Waals surface area contributed by atoms with Crippen LogP contribution in [0.15, 0.2) is 12.3 Å². The molecule has 0 spiro atoms. The van der Waals surface area contributed by atoms with Crippen LogP contribution in [0.5, 0.6) is 0 Å². The predicted molar refractivity (Wildman–Crippen MR) is 66.4 cm³/mol. The highest BCUT2D eigenvalue weighted by Crippen LogP contribution is 2.48. The summed E-state index contributed by atoms with van der Waals surface area (Å²) in [5.41, 5.74) is 0.342. The molecule has 4 unspecified atom stereocenters. The molecule has 3 rings (SSSR count). The smallest absolute Gasteiger partial charge is 0.308 e. The topological polar surface area (TPSA) is 84.2 Å². The van der Waals surface area contributed by atoms with Crippen LogP contribution >= 0.6 is 0 Å². The summed E-state index contributed by atoms with van der Waals surface area (Å²) in [6.45, 7) is 0. The monoisotopic (exact) mass is 263 g/mol. The van der Waals surface area contributed by atoms with Gasteiger partial charge < -0.3 is 10.4 Å². The van der Waals surface area contributed by atoms with Crippen molar-refractivity contribution >= 4 is 11.9 Å². The van der Waals surface area contributed by atoms with E-state index >= 15 is 0 Å². The van der Waals surface area contributed by atoms with Crippen molar-refractivity contribution in [1.82, 2.24) is 15.1 Å². The zero-order chi connectivity index (χ0) is 13.6. The first-order valence-electron chi connectivity index (χ1n) is 6.59. The summed E-state index contributed by atoms with van der Waals surface area (Å²) < 4.78 is 1.56. The standard InChI is InChI=1S/C13H17N3O3/c1-16-5-4-9(15-16)12(17)14-11-8-3-2-7(6-8)10(11)13(18)19/h4-5,7-8,10-11H,2-3,6H2,1H3,(H,14,17)(H,18,19). The summed E-state index contributed by atoms with van der Waals surface area (Å²) in [5, 5.41) is 16.2. The number of carbonyl (C=O) groups excluding carboxylic acids is 1. The number of aryl methyl sites for hydroxylation is 1. The van der Waals surface area contributed by atoms with E-state index in [-0.39, 0.29) is 17.9 Å². The number of rotatable bonds is 3. The Labute approximate surface area is 110 Å². The van der Waals surface area contributed by atoms with Crippen LogP contribution in [-0.2, 0) is 11.8 Å². The van der Waals surface area contributed by atoms with E-state index in [0.717, 1.165) is 19.3 Å². The highest BCUT2D eigenvalue weighted by molar-refractivity contribution is 5.92. The number of carboxylic acids is 1. The highest BCUT2D eigenvalue weighted by atomic mass is 16.4. The number of carboxylic acid groups (broad SMARTS) is 1. The van der Waals surface area contributed by atoms with E-state index in [9.17, 15) is 14.7 Å². The minimum Gasteiger partial charge on any atom is -0.481 e. The molecule has 0 radical (unpaired) electrons. The maximum absolute atomic E-state index is 12.1. The molecular weight excluding hydrogens is 246 g/mol. The van der Waals surface area contributed by atoms with Crippen LogP contribution in [0, 0.1) is 17.8 Å². The van der Waals surface area contributed by atoms with Gasteiger partial charge in [-0.15, -0.1) is 0 Å². The average molecular weight is 263 g/mol. The van der Waals surface area contributed by atoms with Gasteiger partial charge in [0, 0.05) is 19.3 Å². The zero-order valence-corrected chi connectivity index (χ0v) is 10.7. The molecule has 2 saturated carbocycles. The fraction of sp³-hybridized carbons (Fsp3) is 0.615. The number of nitrogens with zero attached hydrogens (tertiary/aromatic N) is 2. The first-order chi connectivity index (χ1) is 9.06. The maximum atomic E-state index is 12.1. The molecule has 1 aromatic rings. The SMILES string of the molecule is Cn1ccc(C(=O)NC2C3CCC(C3)C2C(=O)O)n1. The number of aliphatic carboxylic acids is 1. The second-order valence-electron chi connectivity index (χ2n) is 5.57. The van der Waals surface area contributed by atoms with E-state index in [0.29, 0.717) is 11.6 Å². The van der Waals surface area contributed by atoms with Crippen molar-refractivity contribution in [2.75, 3.05) is 0 Å². The van der Waals surface area contributed by atoms with E-state index in [1.54, 1.807) is 24.0 Å². The number of hydrogen-bond donors (Lipinski definition) is 2. The van der Waals surface area contributed by atoms with Crippen molar-refractivity contribution in [1.29, 1.82) is 0 Å². The Balaban J connectivity index is 1.75. The molecule has 1 amide bonds. The fourth-order valence-corrected chi connectivity index (χ4v) is 3.62. The highest BCUT2D eigenvalue weighted by Gasteiger charge is 2.51. The number of carbonyl (C=O) groups is 2. The van der Waals surface area contributed by atoms with Crippen molar-refractivity contribution < 1.29 is 14.7 Å². The molecule has 0 aromatic carbocycles. The molecule has 2 fully saturated rings. The van der Waals surface area contributed by atoms with Crippen molar-refractivity contribution in [3.8, 4) is 0 Å². The van der Waals surface area contributed by atoms with Gasteiger partial charge in [0.25, 0.3) is 5.91 Å². The minimum absolute atomic E-state index is 0.219. The van der Waals surface area contributed by atoms with Crippen molar-refractivity contribution in [3.63, 3.8) is 0 Å². The Morgan fingerprint density at radius 1 is 1.42 bits per heavy atom. The Morgan fingerprint density at radius 2 is 2.16 bits per heavy atom. The van der Waals surface area contributed by atoms with Crippen LogP contribution in [-0.4, -0.2) is 32.8 Å². The number of amides is 1. The van der Waals surface area contributed by atoms with E-state index < -0.39 is 11.9 Å². The van der Waals surface area contributed by atoms with Gasteiger partial charge in [0.05, 0.1) is 5.92 Å². The molecule has 19 heavy (non-hydrogen) atoms. The normalized spacial score (nSPS) is 32.5. The molecule has 102 valence electrons. The lowest BCUT2D eigenvalue weighted by Crippen LogP contribution is -2.46. The zero-order valence-electron chi connectivity index (χ0n) is 10.7. The molecule has 0 saturated heterocycles. The lowest BCUT2D eigenvalue weighted by atomic mass is 9.84. The number of aromatic nitrogens is 2. The first kappa shape index (κ1) is 12.2. The summed E-state index contributed by atoms with van der Waals surface area (Å²) in [7, 11) is 1.74. The van der Waals surface area contributed by atoms with Crippen LogP contribution in [0.25, 0.3) is 0 Å². The van der Waals surface area contributed by atoms with Crippen LogP contribution < -0.4 is 5.32 Å². The molecule has 2 aliphatic carbocycles. The van der Waals surface area contributed by atoms with Gasteiger partial charge >= 0.3 is 5.97 Å².